The third-order valence-corrected chi connectivity index (χ3v) is 5.49. The Kier molecular flexibility index (Phi) is 4.04. The maximum absolute atomic E-state index is 12.9. The van der Waals surface area contributed by atoms with Crippen molar-refractivity contribution in [2.45, 2.75) is 40.0 Å². The maximum Gasteiger partial charge on any atom is 0.264 e. The van der Waals surface area contributed by atoms with E-state index in [1.165, 1.54) is 24.2 Å². The molecule has 22 heavy (non-hydrogen) atoms. The molecule has 0 aromatic carbocycles. The van der Waals surface area contributed by atoms with Gasteiger partial charge in [0.1, 0.15) is 16.5 Å². The molecule has 0 radical (unpaired) electrons. The Labute approximate surface area is 134 Å². The lowest BCUT2D eigenvalue weighted by Gasteiger charge is -2.22. The Bertz CT molecular complexity index is 724. The van der Waals surface area contributed by atoms with E-state index in [4.69, 9.17) is 5.73 Å². The Morgan fingerprint density at radius 1 is 1.32 bits per heavy atom. The molecule has 0 bridgehead atoms. The Morgan fingerprint density at radius 3 is 2.86 bits per heavy atom. The van der Waals surface area contributed by atoms with Crippen LogP contribution in [-0.4, -0.2) is 33.9 Å². The van der Waals surface area contributed by atoms with Gasteiger partial charge >= 0.3 is 0 Å². The Morgan fingerprint density at radius 2 is 2.09 bits per heavy atom. The number of anilines is 1. The Balaban J connectivity index is 2.00. The van der Waals surface area contributed by atoms with Crippen LogP contribution in [0.2, 0.25) is 0 Å². The van der Waals surface area contributed by atoms with Crippen molar-refractivity contribution in [2.75, 3.05) is 18.8 Å². The highest BCUT2D eigenvalue weighted by molar-refractivity contribution is 7.20. The number of thiophene rings is 1. The van der Waals surface area contributed by atoms with Gasteiger partial charge in [-0.25, -0.2) is 9.97 Å². The highest BCUT2D eigenvalue weighted by atomic mass is 32.1. The smallest absolute Gasteiger partial charge is 0.264 e. The molecule has 1 amide bonds. The van der Waals surface area contributed by atoms with Crippen LogP contribution in [0.1, 0.15) is 47.2 Å². The van der Waals surface area contributed by atoms with Gasteiger partial charge in [-0.2, -0.15) is 0 Å². The number of nitrogen functional groups attached to an aromatic ring is 1. The molecule has 3 rings (SSSR count). The molecule has 5 nitrogen and oxygen atoms in total. The zero-order valence-electron chi connectivity index (χ0n) is 13.3. The van der Waals surface area contributed by atoms with Gasteiger partial charge in [-0.15, -0.1) is 11.3 Å². The molecule has 1 atom stereocenters. The number of hydrogen-bond donors (Lipinski definition) is 1. The molecule has 0 aliphatic carbocycles. The van der Waals surface area contributed by atoms with E-state index in [-0.39, 0.29) is 5.91 Å². The van der Waals surface area contributed by atoms with Gasteiger partial charge in [0.25, 0.3) is 5.91 Å². The van der Waals surface area contributed by atoms with Crippen LogP contribution >= 0.6 is 11.3 Å². The molecule has 2 aromatic rings. The quantitative estimate of drug-likeness (QED) is 0.876. The minimum atomic E-state index is 0.117. The molecule has 1 unspecified atom stereocenters. The summed E-state index contributed by atoms with van der Waals surface area (Å²) >= 11 is 1.44. The molecule has 6 heteroatoms. The third-order valence-electron chi connectivity index (χ3n) is 4.32. The molecular formula is C16H22N4OS. The number of aromatic nitrogens is 2. The average Bonchev–Trinajstić information content (AvgIpc) is 2.64. The number of hydrogen-bond acceptors (Lipinski definition) is 5. The molecule has 3 heterocycles. The van der Waals surface area contributed by atoms with Crippen LogP contribution in [0.4, 0.5) is 5.82 Å². The number of carbonyl (C=O) groups excluding carboxylic acids is 1. The number of amides is 1. The second-order valence-corrected chi connectivity index (χ2v) is 7.24. The summed E-state index contributed by atoms with van der Waals surface area (Å²) in [5.41, 5.74) is 6.94. The summed E-state index contributed by atoms with van der Waals surface area (Å²) in [7, 11) is 0. The van der Waals surface area contributed by atoms with E-state index in [1.54, 1.807) is 0 Å². The zero-order chi connectivity index (χ0) is 15.9. The van der Waals surface area contributed by atoms with Crippen LogP contribution in [0.5, 0.6) is 0 Å². The number of nitrogens with zero attached hydrogens (tertiary/aromatic N) is 3. The van der Waals surface area contributed by atoms with Crippen molar-refractivity contribution in [2.24, 2.45) is 5.92 Å². The first kappa shape index (κ1) is 15.2. The summed E-state index contributed by atoms with van der Waals surface area (Å²) < 4.78 is 0. The van der Waals surface area contributed by atoms with E-state index in [9.17, 15) is 4.79 Å². The SMILES string of the molecule is Cc1nc(N)c2c(C)c(C(=O)N3CCCCC(C)C3)sc2n1. The fourth-order valence-corrected chi connectivity index (χ4v) is 4.37. The maximum atomic E-state index is 12.9. The molecule has 2 aromatic heterocycles. The number of fused-ring (bicyclic) bond motifs is 1. The molecule has 1 fully saturated rings. The monoisotopic (exact) mass is 318 g/mol. The number of aryl methyl sites for hydroxylation is 2. The highest BCUT2D eigenvalue weighted by Crippen LogP contribution is 2.33. The molecule has 1 saturated heterocycles. The van der Waals surface area contributed by atoms with Gasteiger partial charge < -0.3 is 10.6 Å². The molecule has 0 saturated carbocycles. The molecular weight excluding hydrogens is 296 g/mol. The first-order chi connectivity index (χ1) is 10.5. The predicted molar refractivity (Wildman–Crippen MR) is 90.2 cm³/mol. The molecule has 0 spiro atoms. The summed E-state index contributed by atoms with van der Waals surface area (Å²) in [4.78, 5) is 25.2. The molecule has 1 aliphatic rings. The van der Waals surface area contributed by atoms with E-state index in [1.807, 2.05) is 18.7 Å². The summed E-state index contributed by atoms with van der Waals surface area (Å²) in [5, 5.41) is 0.835. The van der Waals surface area contributed by atoms with Crippen molar-refractivity contribution < 1.29 is 4.79 Å². The summed E-state index contributed by atoms with van der Waals surface area (Å²) in [6, 6.07) is 0. The van der Waals surface area contributed by atoms with E-state index in [0.717, 1.165) is 40.2 Å². The van der Waals surface area contributed by atoms with Crippen molar-refractivity contribution in [1.82, 2.24) is 14.9 Å². The lowest BCUT2D eigenvalue weighted by molar-refractivity contribution is 0.0749. The second kappa shape index (κ2) is 5.83. The van der Waals surface area contributed by atoms with Gasteiger partial charge in [-0.05, 0) is 38.2 Å². The third kappa shape index (κ3) is 2.67. The van der Waals surface area contributed by atoms with Gasteiger partial charge in [-0.3, -0.25) is 4.79 Å². The van der Waals surface area contributed by atoms with Crippen LogP contribution in [0, 0.1) is 19.8 Å². The van der Waals surface area contributed by atoms with Crippen LogP contribution < -0.4 is 5.73 Å². The predicted octanol–water partition coefficient (Wildman–Crippen LogP) is 3.15. The fourth-order valence-electron chi connectivity index (χ4n) is 3.17. The van der Waals surface area contributed by atoms with Gasteiger partial charge in [0.15, 0.2) is 0 Å². The van der Waals surface area contributed by atoms with E-state index in [2.05, 4.69) is 16.9 Å². The van der Waals surface area contributed by atoms with Crippen LogP contribution in [-0.2, 0) is 0 Å². The van der Waals surface area contributed by atoms with Crippen LogP contribution in [0.25, 0.3) is 10.2 Å². The second-order valence-electron chi connectivity index (χ2n) is 6.24. The molecule has 2 N–H and O–H groups in total. The summed E-state index contributed by atoms with van der Waals surface area (Å²) in [6.45, 7) is 7.67. The van der Waals surface area contributed by atoms with E-state index >= 15 is 0 Å². The Hall–Kier alpha value is -1.69. The number of carbonyl (C=O) groups is 1. The van der Waals surface area contributed by atoms with Gasteiger partial charge in [0, 0.05) is 13.1 Å². The van der Waals surface area contributed by atoms with E-state index in [0.29, 0.717) is 17.6 Å². The minimum absolute atomic E-state index is 0.117. The van der Waals surface area contributed by atoms with Crippen LogP contribution in [0.15, 0.2) is 0 Å². The first-order valence-corrected chi connectivity index (χ1v) is 8.61. The number of likely N-dealkylation sites (tertiary alicyclic amines) is 1. The molecule has 1 aliphatic heterocycles. The zero-order valence-corrected chi connectivity index (χ0v) is 14.2. The lowest BCUT2D eigenvalue weighted by atomic mass is 10.1. The molecule has 118 valence electrons. The van der Waals surface area contributed by atoms with Crippen molar-refractivity contribution >= 4 is 33.3 Å². The van der Waals surface area contributed by atoms with Crippen LogP contribution in [0.3, 0.4) is 0 Å². The lowest BCUT2D eigenvalue weighted by Crippen LogP contribution is -2.33. The standard InChI is InChI=1S/C16H22N4OS/c1-9-6-4-5-7-20(8-9)16(21)13-10(2)12-14(17)18-11(3)19-15(12)22-13/h9H,4-8H2,1-3H3,(H2,17,18,19). The average molecular weight is 318 g/mol. The van der Waals surface area contributed by atoms with E-state index < -0.39 is 0 Å². The van der Waals surface area contributed by atoms with Crippen molar-refractivity contribution in [1.29, 1.82) is 0 Å². The summed E-state index contributed by atoms with van der Waals surface area (Å²) in [5.74, 6) is 1.80. The largest absolute Gasteiger partial charge is 0.383 e. The fraction of sp³-hybridized carbons (Fsp3) is 0.562. The number of nitrogens with two attached hydrogens (primary N) is 1. The topological polar surface area (TPSA) is 72.1 Å². The van der Waals surface area contributed by atoms with Gasteiger partial charge in [-0.1, -0.05) is 13.3 Å². The highest BCUT2D eigenvalue weighted by Gasteiger charge is 2.25. The van der Waals surface area contributed by atoms with Gasteiger partial charge in [0.2, 0.25) is 0 Å². The van der Waals surface area contributed by atoms with Crippen molar-refractivity contribution in [3.05, 3.63) is 16.3 Å². The van der Waals surface area contributed by atoms with Gasteiger partial charge in [0.05, 0.1) is 10.3 Å². The summed E-state index contributed by atoms with van der Waals surface area (Å²) in [6.07, 6.45) is 3.49. The minimum Gasteiger partial charge on any atom is -0.383 e. The first-order valence-electron chi connectivity index (χ1n) is 7.80. The van der Waals surface area contributed by atoms with Crippen molar-refractivity contribution in [3.8, 4) is 0 Å². The normalized spacial score (nSPS) is 19.4. The van der Waals surface area contributed by atoms with Crippen molar-refractivity contribution in [3.63, 3.8) is 0 Å². The number of rotatable bonds is 1.